The van der Waals surface area contributed by atoms with Crippen LogP contribution in [0.25, 0.3) is 32.9 Å². The average Bonchev–Trinajstić information content (AvgIpc) is 3.07. The van der Waals surface area contributed by atoms with Crippen LogP contribution in [0.2, 0.25) is 0 Å². The van der Waals surface area contributed by atoms with E-state index < -0.39 is 0 Å². The van der Waals surface area contributed by atoms with Gasteiger partial charge in [0.25, 0.3) is 0 Å². The van der Waals surface area contributed by atoms with E-state index in [2.05, 4.69) is 39.6 Å². The Bertz CT molecular complexity index is 1090. The van der Waals surface area contributed by atoms with Crippen molar-refractivity contribution in [3.63, 3.8) is 0 Å². The minimum Gasteiger partial charge on any atom is -0.489 e. The molecule has 4 rings (SSSR count). The maximum atomic E-state index is 9.54. The molecule has 27 heavy (non-hydrogen) atoms. The highest BCUT2D eigenvalue weighted by atomic mass is 16.5. The molecule has 0 unspecified atom stereocenters. The normalized spacial score (nSPS) is 11.4. The number of rotatable bonds is 6. The first-order valence-electron chi connectivity index (χ1n) is 8.99. The van der Waals surface area contributed by atoms with Crippen LogP contribution < -0.4 is 10.2 Å². The number of aromatic amines is 1. The highest BCUT2D eigenvalue weighted by Crippen LogP contribution is 2.41. The summed E-state index contributed by atoms with van der Waals surface area (Å²) in [6, 6.07) is 20.1. The molecular formula is C22H23N3O2. The number of H-pyrrole nitrogens is 1. The van der Waals surface area contributed by atoms with E-state index in [0.29, 0.717) is 12.3 Å². The predicted octanol–water partition coefficient (Wildman–Crippen LogP) is 4.73. The van der Waals surface area contributed by atoms with E-state index in [4.69, 9.17) is 4.74 Å². The molecule has 0 bridgehead atoms. The van der Waals surface area contributed by atoms with E-state index in [9.17, 15) is 5.21 Å². The van der Waals surface area contributed by atoms with Gasteiger partial charge < -0.3 is 14.6 Å². The monoisotopic (exact) mass is 361 g/mol. The zero-order valence-electron chi connectivity index (χ0n) is 15.5. The van der Waals surface area contributed by atoms with Crippen LogP contribution in [0.5, 0.6) is 5.75 Å². The first-order chi connectivity index (χ1) is 13.2. The lowest BCUT2D eigenvalue weighted by Crippen LogP contribution is -2.19. The van der Waals surface area contributed by atoms with E-state index >= 15 is 0 Å². The number of nitrogens with one attached hydrogen (secondary N) is 2. The summed E-state index contributed by atoms with van der Waals surface area (Å²) >= 11 is 0. The lowest BCUT2D eigenvalue weighted by atomic mass is 10.0. The molecule has 0 fully saturated rings. The fourth-order valence-electron chi connectivity index (χ4n) is 3.40. The van der Waals surface area contributed by atoms with Gasteiger partial charge in [-0.2, -0.15) is 0 Å². The minimum atomic E-state index is 0.573. The van der Waals surface area contributed by atoms with Gasteiger partial charge in [-0.15, -0.1) is 0 Å². The first kappa shape index (κ1) is 17.4. The molecule has 0 atom stereocenters. The van der Waals surface area contributed by atoms with Crippen LogP contribution in [0.4, 0.5) is 5.69 Å². The van der Waals surface area contributed by atoms with Crippen LogP contribution in [0.15, 0.2) is 60.7 Å². The Kier molecular flexibility index (Phi) is 4.71. The van der Waals surface area contributed by atoms with Crippen molar-refractivity contribution in [2.24, 2.45) is 0 Å². The van der Waals surface area contributed by atoms with Gasteiger partial charge in [-0.1, -0.05) is 42.5 Å². The van der Waals surface area contributed by atoms with Gasteiger partial charge in [-0.05, 0) is 32.3 Å². The Hall–Kier alpha value is -3.02. The Morgan fingerprint density at radius 3 is 2.52 bits per heavy atom. The van der Waals surface area contributed by atoms with Gasteiger partial charge in [0.1, 0.15) is 6.61 Å². The maximum Gasteiger partial charge on any atom is 0.151 e. The molecule has 1 aromatic heterocycles. The van der Waals surface area contributed by atoms with Crippen LogP contribution in [-0.4, -0.2) is 42.3 Å². The standard InChI is InChI=1S/C22H23N3O2/c1-25(2)13-14-27-22-18(16-8-4-6-10-20(16)24-26)12-11-17-15-7-3-5-9-19(15)23-21(17)22/h3-12,23-24,26H,13-14H2,1-2H3. The van der Waals surface area contributed by atoms with Crippen molar-refractivity contribution in [3.05, 3.63) is 60.7 Å². The van der Waals surface area contributed by atoms with Gasteiger partial charge in [0.15, 0.2) is 5.75 Å². The SMILES string of the molecule is CN(C)CCOc1c(-c2ccccc2NO)ccc2c1[nH]c1ccccc12. The molecule has 0 saturated carbocycles. The number of hydrogen-bond acceptors (Lipinski definition) is 4. The van der Waals surface area contributed by atoms with Gasteiger partial charge in [0.2, 0.25) is 0 Å². The molecule has 0 aliphatic heterocycles. The Morgan fingerprint density at radius 2 is 1.70 bits per heavy atom. The largest absolute Gasteiger partial charge is 0.489 e. The molecule has 1 heterocycles. The summed E-state index contributed by atoms with van der Waals surface area (Å²) in [7, 11) is 4.05. The number of nitrogens with zero attached hydrogens (tertiary/aromatic N) is 1. The summed E-state index contributed by atoms with van der Waals surface area (Å²) in [4.78, 5) is 5.60. The number of benzene rings is 3. The van der Waals surface area contributed by atoms with E-state index in [1.165, 1.54) is 5.39 Å². The molecule has 5 heteroatoms. The van der Waals surface area contributed by atoms with Gasteiger partial charge in [0.05, 0.1) is 11.2 Å². The summed E-state index contributed by atoms with van der Waals surface area (Å²) in [6.07, 6.45) is 0. The highest BCUT2D eigenvalue weighted by Gasteiger charge is 2.17. The molecule has 3 N–H and O–H groups in total. The molecule has 0 saturated heterocycles. The maximum absolute atomic E-state index is 9.54. The minimum absolute atomic E-state index is 0.573. The van der Waals surface area contributed by atoms with Gasteiger partial charge >= 0.3 is 0 Å². The molecule has 3 aromatic carbocycles. The van der Waals surface area contributed by atoms with Crippen molar-refractivity contribution < 1.29 is 9.94 Å². The molecule has 5 nitrogen and oxygen atoms in total. The molecule has 0 aliphatic rings. The van der Waals surface area contributed by atoms with Crippen LogP contribution >= 0.6 is 0 Å². The van der Waals surface area contributed by atoms with Crippen molar-refractivity contribution in [1.82, 2.24) is 9.88 Å². The number of likely N-dealkylation sites (N-methyl/N-ethyl adjacent to an activating group) is 1. The quantitative estimate of drug-likeness (QED) is 0.435. The Labute approximate surface area is 158 Å². The zero-order chi connectivity index (χ0) is 18.8. The fraction of sp³-hybridized carbons (Fsp3) is 0.182. The predicted molar refractivity (Wildman–Crippen MR) is 111 cm³/mol. The Balaban J connectivity index is 1.93. The highest BCUT2D eigenvalue weighted by molar-refractivity contribution is 6.11. The van der Waals surface area contributed by atoms with Crippen molar-refractivity contribution in [3.8, 4) is 16.9 Å². The van der Waals surface area contributed by atoms with Gasteiger partial charge in [0, 0.05) is 34.0 Å². The molecular weight excluding hydrogens is 338 g/mol. The molecule has 4 aromatic rings. The molecule has 0 radical (unpaired) electrons. The lowest BCUT2D eigenvalue weighted by molar-refractivity contribution is 0.264. The summed E-state index contributed by atoms with van der Waals surface area (Å²) in [6.45, 7) is 1.39. The van der Waals surface area contributed by atoms with Gasteiger partial charge in [-0.3, -0.25) is 10.7 Å². The third kappa shape index (κ3) is 3.23. The number of anilines is 1. The summed E-state index contributed by atoms with van der Waals surface area (Å²) < 4.78 is 6.26. The number of aromatic nitrogens is 1. The number of para-hydroxylation sites is 2. The summed E-state index contributed by atoms with van der Waals surface area (Å²) in [5.74, 6) is 0.799. The Morgan fingerprint density at radius 1 is 0.926 bits per heavy atom. The zero-order valence-corrected chi connectivity index (χ0v) is 15.5. The van der Waals surface area contributed by atoms with Crippen LogP contribution in [-0.2, 0) is 0 Å². The van der Waals surface area contributed by atoms with E-state index in [1.807, 2.05) is 50.5 Å². The van der Waals surface area contributed by atoms with E-state index in [0.717, 1.165) is 39.8 Å². The van der Waals surface area contributed by atoms with E-state index in [-0.39, 0.29) is 0 Å². The smallest absolute Gasteiger partial charge is 0.151 e. The van der Waals surface area contributed by atoms with Gasteiger partial charge in [-0.25, -0.2) is 0 Å². The molecule has 0 spiro atoms. The van der Waals surface area contributed by atoms with Crippen molar-refractivity contribution in [2.75, 3.05) is 32.7 Å². The summed E-state index contributed by atoms with van der Waals surface area (Å²) in [5, 5.41) is 11.8. The molecule has 0 aliphatic carbocycles. The number of ether oxygens (including phenoxy) is 1. The first-order valence-corrected chi connectivity index (χ1v) is 8.99. The van der Waals surface area contributed by atoms with Crippen LogP contribution in [0.3, 0.4) is 0 Å². The van der Waals surface area contributed by atoms with E-state index in [1.54, 1.807) is 0 Å². The van der Waals surface area contributed by atoms with Crippen molar-refractivity contribution in [1.29, 1.82) is 0 Å². The fourth-order valence-corrected chi connectivity index (χ4v) is 3.40. The van der Waals surface area contributed by atoms with Crippen LogP contribution in [0.1, 0.15) is 0 Å². The third-order valence-electron chi connectivity index (χ3n) is 4.76. The second-order valence-electron chi connectivity index (χ2n) is 6.84. The second-order valence-corrected chi connectivity index (χ2v) is 6.84. The second kappa shape index (κ2) is 7.31. The third-order valence-corrected chi connectivity index (χ3v) is 4.76. The topological polar surface area (TPSA) is 60.5 Å². The summed E-state index contributed by atoms with van der Waals surface area (Å²) in [5.41, 5.74) is 6.82. The van der Waals surface area contributed by atoms with Crippen molar-refractivity contribution >= 4 is 27.5 Å². The number of hydrogen-bond donors (Lipinski definition) is 3. The van der Waals surface area contributed by atoms with Crippen molar-refractivity contribution in [2.45, 2.75) is 0 Å². The molecule has 138 valence electrons. The molecule has 0 amide bonds. The lowest BCUT2D eigenvalue weighted by Gasteiger charge is -2.17. The van der Waals surface area contributed by atoms with Crippen LogP contribution in [0, 0.1) is 0 Å². The number of fused-ring (bicyclic) bond motifs is 3. The average molecular weight is 361 g/mol.